The molecule has 9 heteroatoms. The van der Waals surface area contributed by atoms with Gasteiger partial charge in [-0.05, 0) is 70.1 Å². The molecule has 7 nitrogen and oxygen atoms in total. The molecule has 3 rings (SSSR count). The van der Waals surface area contributed by atoms with Gasteiger partial charge >= 0.3 is 5.76 Å². The van der Waals surface area contributed by atoms with Gasteiger partial charge in [-0.2, -0.15) is 0 Å². The number of amides is 1. The molecular weight excluding hydrogens is 415 g/mol. The number of aromatic nitrogens is 1. The highest BCUT2D eigenvalue weighted by atomic mass is 35.5. The van der Waals surface area contributed by atoms with Gasteiger partial charge < -0.3 is 20.0 Å². The molecule has 1 fully saturated rings. The van der Waals surface area contributed by atoms with Crippen molar-refractivity contribution in [1.29, 1.82) is 0 Å². The average molecular weight is 447 g/mol. The van der Waals surface area contributed by atoms with E-state index in [0.29, 0.717) is 41.6 Å². The number of benzene rings is 1. The zero-order valence-corrected chi connectivity index (χ0v) is 18.9. The third kappa shape index (κ3) is 6.74. The number of halogens is 2. The summed E-state index contributed by atoms with van der Waals surface area (Å²) in [5.41, 5.74) is 1.95. The lowest BCUT2D eigenvalue weighted by molar-refractivity contribution is -0.117. The highest BCUT2D eigenvalue weighted by Crippen LogP contribution is 2.24. The third-order valence-electron chi connectivity index (χ3n) is 5.37. The zero-order valence-electron chi connectivity index (χ0n) is 17.3. The molecule has 0 aliphatic carbocycles. The molecule has 0 radical (unpaired) electrons. The van der Waals surface area contributed by atoms with Crippen LogP contribution >= 0.6 is 24.8 Å². The molecule has 164 valence electrons. The van der Waals surface area contributed by atoms with Crippen molar-refractivity contribution in [2.24, 2.45) is 11.8 Å². The smallest absolute Gasteiger partial charge is 0.408 e. The van der Waals surface area contributed by atoms with Crippen LogP contribution in [0.25, 0.3) is 11.1 Å². The highest BCUT2D eigenvalue weighted by molar-refractivity contribution is 5.93. The van der Waals surface area contributed by atoms with Crippen molar-refractivity contribution < 1.29 is 9.21 Å². The van der Waals surface area contributed by atoms with E-state index in [1.807, 2.05) is 25.1 Å². The van der Waals surface area contributed by atoms with E-state index >= 15 is 0 Å². The molecule has 29 heavy (non-hydrogen) atoms. The Labute approximate surface area is 184 Å². The second-order valence-electron chi connectivity index (χ2n) is 7.84. The van der Waals surface area contributed by atoms with Crippen LogP contribution in [0.5, 0.6) is 0 Å². The Bertz CT molecular complexity index is 844. The zero-order chi connectivity index (χ0) is 19.4. The SMILES string of the molecule is CC(CC(=O)Nc1ccc2oc(=O)n(CCN(C)C)c2c1)C1CCCNC1.Cl.Cl. The summed E-state index contributed by atoms with van der Waals surface area (Å²) in [6, 6.07) is 5.35. The Morgan fingerprint density at radius 1 is 1.38 bits per heavy atom. The van der Waals surface area contributed by atoms with Gasteiger partial charge in [-0.3, -0.25) is 9.36 Å². The highest BCUT2D eigenvalue weighted by Gasteiger charge is 2.22. The van der Waals surface area contributed by atoms with Gasteiger partial charge in [-0.15, -0.1) is 24.8 Å². The maximum absolute atomic E-state index is 12.5. The molecule has 1 aromatic carbocycles. The first-order chi connectivity index (χ1) is 12.9. The molecule has 2 unspecified atom stereocenters. The van der Waals surface area contributed by atoms with Gasteiger partial charge in [0.05, 0.1) is 5.52 Å². The van der Waals surface area contributed by atoms with E-state index in [-0.39, 0.29) is 36.5 Å². The number of piperidine rings is 1. The monoisotopic (exact) mass is 446 g/mol. The minimum Gasteiger partial charge on any atom is -0.408 e. The van der Waals surface area contributed by atoms with Gasteiger partial charge in [0.25, 0.3) is 0 Å². The van der Waals surface area contributed by atoms with Gasteiger partial charge in [0.2, 0.25) is 5.91 Å². The van der Waals surface area contributed by atoms with Gasteiger partial charge in [-0.1, -0.05) is 6.92 Å². The number of likely N-dealkylation sites (N-methyl/N-ethyl adjacent to an activating group) is 1. The van der Waals surface area contributed by atoms with Crippen LogP contribution in [0, 0.1) is 11.8 Å². The molecular formula is C20H32Cl2N4O3. The number of rotatable bonds is 7. The van der Waals surface area contributed by atoms with Crippen molar-refractivity contribution in [2.45, 2.75) is 32.7 Å². The summed E-state index contributed by atoms with van der Waals surface area (Å²) < 4.78 is 6.92. The van der Waals surface area contributed by atoms with Crippen LogP contribution in [0.15, 0.2) is 27.4 Å². The average Bonchev–Trinajstić information content (AvgIpc) is 2.95. The molecule has 1 aliphatic heterocycles. The van der Waals surface area contributed by atoms with E-state index in [1.54, 1.807) is 16.7 Å². The summed E-state index contributed by atoms with van der Waals surface area (Å²) in [4.78, 5) is 26.6. The standard InChI is InChI=1S/C20H30N4O3.2ClH/c1-14(15-5-4-8-21-13-15)11-19(25)22-16-6-7-18-17(12-16)24(20(26)27-18)10-9-23(2)3;;/h6-7,12,14-15,21H,4-5,8-11,13H2,1-3H3,(H,22,25);2*1H. The Morgan fingerprint density at radius 2 is 2.14 bits per heavy atom. The Balaban J connectivity index is 0.00000210. The first-order valence-corrected chi connectivity index (χ1v) is 9.72. The fourth-order valence-electron chi connectivity index (χ4n) is 3.69. The summed E-state index contributed by atoms with van der Waals surface area (Å²) >= 11 is 0. The number of nitrogens with zero attached hydrogens (tertiary/aromatic N) is 2. The predicted octanol–water partition coefficient (Wildman–Crippen LogP) is 2.96. The van der Waals surface area contributed by atoms with Crippen LogP contribution in [-0.2, 0) is 11.3 Å². The number of anilines is 1. The van der Waals surface area contributed by atoms with Gasteiger partial charge in [0, 0.05) is 25.2 Å². The van der Waals surface area contributed by atoms with E-state index in [9.17, 15) is 9.59 Å². The van der Waals surface area contributed by atoms with E-state index in [1.165, 1.54) is 12.8 Å². The first kappa shape index (κ1) is 25.5. The van der Waals surface area contributed by atoms with Gasteiger partial charge in [-0.25, -0.2) is 4.79 Å². The van der Waals surface area contributed by atoms with Crippen LogP contribution in [0.4, 0.5) is 5.69 Å². The van der Waals surface area contributed by atoms with E-state index < -0.39 is 0 Å². The maximum atomic E-state index is 12.5. The fraction of sp³-hybridized carbons (Fsp3) is 0.600. The van der Waals surface area contributed by atoms with Gasteiger partial charge in [0.1, 0.15) is 0 Å². The van der Waals surface area contributed by atoms with Crippen LogP contribution in [-0.4, -0.2) is 49.1 Å². The molecule has 1 aromatic heterocycles. The van der Waals surface area contributed by atoms with Crippen molar-refractivity contribution in [2.75, 3.05) is 39.0 Å². The lowest BCUT2D eigenvalue weighted by atomic mass is 9.85. The number of carbonyl (C=O) groups is 1. The summed E-state index contributed by atoms with van der Waals surface area (Å²) in [6.45, 7) is 5.50. The molecule has 2 atom stereocenters. The lowest BCUT2D eigenvalue weighted by Crippen LogP contribution is -2.34. The van der Waals surface area contributed by atoms with Crippen molar-refractivity contribution in [3.63, 3.8) is 0 Å². The van der Waals surface area contributed by atoms with Crippen LogP contribution in [0.3, 0.4) is 0 Å². The number of hydrogen-bond acceptors (Lipinski definition) is 5. The molecule has 0 spiro atoms. The summed E-state index contributed by atoms with van der Waals surface area (Å²) in [6.07, 6.45) is 2.86. The van der Waals surface area contributed by atoms with Gasteiger partial charge in [0.15, 0.2) is 5.58 Å². The summed E-state index contributed by atoms with van der Waals surface area (Å²) in [7, 11) is 3.92. The van der Waals surface area contributed by atoms with Crippen LogP contribution in [0.1, 0.15) is 26.2 Å². The molecule has 1 saturated heterocycles. The molecule has 1 aliphatic rings. The third-order valence-corrected chi connectivity index (χ3v) is 5.37. The number of hydrogen-bond donors (Lipinski definition) is 2. The Morgan fingerprint density at radius 3 is 2.79 bits per heavy atom. The lowest BCUT2D eigenvalue weighted by Gasteiger charge is -2.28. The molecule has 2 heterocycles. The minimum absolute atomic E-state index is 0. The number of nitrogens with one attached hydrogen (secondary N) is 2. The minimum atomic E-state index is -0.367. The number of oxazole rings is 1. The van der Waals surface area contributed by atoms with Crippen molar-refractivity contribution >= 4 is 47.5 Å². The molecule has 1 amide bonds. The second-order valence-corrected chi connectivity index (χ2v) is 7.84. The Kier molecular flexibility index (Phi) is 10.2. The van der Waals surface area contributed by atoms with E-state index in [4.69, 9.17) is 4.42 Å². The molecule has 0 saturated carbocycles. The van der Waals surface area contributed by atoms with Crippen LogP contribution < -0.4 is 16.4 Å². The topological polar surface area (TPSA) is 79.5 Å². The van der Waals surface area contributed by atoms with Crippen molar-refractivity contribution in [3.05, 3.63) is 28.7 Å². The Hall–Kier alpha value is -1.54. The van der Waals surface area contributed by atoms with E-state index in [2.05, 4.69) is 17.6 Å². The first-order valence-electron chi connectivity index (χ1n) is 9.72. The molecule has 2 N–H and O–H groups in total. The summed E-state index contributed by atoms with van der Waals surface area (Å²) in [5.74, 6) is 0.539. The number of fused-ring (bicyclic) bond motifs is 1. The number of carbonyl (C=O) groups excluding carboxylic acids is 1. The summed E-state index contributed by atoms with van der Waals surface area (Å²) in [5, 5.41) is 6.39. The maximum Gasteiger partial charge on any atom is 0.419 e. The van der Waals surface area contributed by atoms with Crippen molar-refractivity contribution in [3.8, 4) is 0 Å². The predicted molar refractivity (Wildman–Crippen MR) is 122 cm³/mol. The van der Waals surface area contributed by atoms with E-state index in [0.717, 1.165) is 19.6 Å². The quantitative estimate of drug-likeness (QED) is 0.683. The fourth-order valence-corrected chi connectivity index (χ4v) is 3.69. The molecule has 2 aromatic rings. The largest absolute Gasteiger partial charge is 0.419 e. The second kappa shape index (κ2) is 11.6. The van der Waals surface area contributed by atoms with Crippen molar-refractivity contribution in [1.82, 2.24) is 14.8 Å². The van der Waals surface area contributed by atoms with Crippen LogP contribution in [0.2, 0.25) is 0 Å². The molecule has 0 bridgehead atoms. The normalized spacial score (nSPS) is 17.4.